The molecule has 0 aliphatic carbocycles. The van der Waals surface area contributed by atoms with Crippen LogP contribution in [0.15, 0.2) is 48.7 Å². The van der Waals surface area contributed by atoms with Gasteiger partial charge in [-0.05, 0) is 43.2 Å². The number of benzene rings is 2. The highest BCUT2D eigenvalue weighted by Crippen LogP contribution is 2.38. The first-order valence-electron chi connectivity index (χ1n) is 14.2. The first kappa shape index (κ1) is 28.6. The van der Waals surface area contributed by atoms with Gasteiger partial charge in [-0.3, -0.25) is 14.5 Å². The average Bonchev–Trinajstić information content (AvgIpc) is 3.10. The normalized spacial score (nSPS) is 18.4. The number of carbonyl (C=O) groups is 2. The Labute approximate surface area is 259 Å². The lowest BCUT2D eigenvalue weighted by molar-refractivity contribution is 0.0576. The molecule has 42 heavy (non-hydrogen) atoms. The van der Waals surface area contributed by atoms with Gasteiger partial charge in [0.05, 0.1) is 30.2 Å². The van der Waals surface area contributed by atoms with Gasteiger partial charge in [0.15, 0.2) is 5.82 Å². The number of hydrogen-bond donors (Lipinski definition) is 1. The van der Waals surface area contributed by atoms with Crippen molar-refractivity contribution >= 4 is 63.5 Å². The number of nitrogens with zero attached hydrogens (tertiary/aromatic N) is 7. The van der Waals surface area contributed by atoms with Gasteiger partial charge in [0.2, 0.25) is 5.95 Å². The number of amides is 2. The molecule has 2 aromatic carbocycles. The minimum Gasteiger partial charge on any atom is -0.495 e. The Morgan fingerprint density at radius 1 is 0.976 bits per heavy atom. The van der Waals surface area contributed by atoms with Crippen molar-refractivity contribution in [3.8, 4) is 5.75 Å². The molecule has 0 atom stereocenters. The maximum atomic E-state index is 13.4. The van der Waals surface area contributed by atoms with Crippen LogP contribution in [0.1, 0.15) is 33.6 Å². The Morgan fingerprint density at radius 2 is 1.71 bits per heavy atom. The molecule has 1 N–H and O–H groups in total. The zero-order valence-corrected chi connectivity index (χ0v) is 26.2. The molecule has 6 rings (SSSR count). The topological polar surface area (TPSA) is 97.4 Å². The number of ether oxygens (including phenoxy) is 1. The minimum atomic E-state index is -0.120. The van der Waals surface area contributed by atoms with Crippen molar-refractivity contribution in [3.63, 3.8) is 0 Å². The summed E-state index contributed by atoms with van der Waals surface area (Å²) in [5.41, 5.74) is 3.20. The maximum absolute atomic E-state index is 13.4. The monoisotopic (exact) mass is 682 g/mol. The molecule has 11 nitrogen and oxygen atoms in total. The van der Waals surface area contributed by atoms with Crippen molar-refractivity contribution in [2.45, 2.75) is 18.9 Å². The van der Waals surface area contributed by atoms with Crippen molar-refractivity contribution in [1.29, 1.82) is 0 Å². The molecule has 0 spiro atoms. The van der Waals surface area contributed by atoms with E-state index < -0.39 is 0 Å². The van der Waals surface area contributed by atoms with E-state index in [4.69, 9.17) is 9.72 Å². The zero-order valence-electron chi connectivity index (χ0n) is 24.1. The molecule has 0 bridgehead atoms. The molecular formula is C30H35IN8O3. The van der Waals surface area contributed by atoms with E-state index in [0.717, 1.165) is 57.8 Å². The highest BCUT2D eigenvalue weighted by Gasteiger charge is 2.31. The summed E-state index contributed by atoms with van der Waals surface area (Å²) in [4.78, 5) is 43.7. The predicted molar refractivity (Wildman–Crippen MR) is 172 cm³/mol. The fourth-order valence-electron chi connectivity index (χ4n) is 5.99. The van der Waals surface area contributed by atoms with Crippen LogP contribution < -0.4 is 19.9 Å². The van der Waals surface area contributed by atoms with Crippen LogP contribution in [0.5, 0.6) is 5.75 Å². The average molecular weight is 683 g/mol. The summed E-state index contributed by atoms with van der Waals surface area (Å²) in [6.45, 7) is 5.90. The largest absolute Gasteiger partial charge is 0.495 e. The molecule has 4 heterocycles. The second-order valence-electron chi connectivity index (χ2n) is 10.9. The van der Waals surface area contributed by atoms with Crippen LogP contribution in [0.2, 0.25) is 0 Å². The Hall–Kier alpha value is -3.49. The third kappa shape index (κ3) is 5.50. The van der Waals surface area contributed by atoms with Gasteiger partial charge >= 0.3 is 0 Å². The summed E-state index contributed by atoms with van der Waals surface area (Å²) in [5, 5.41) is 3.24. The fraction of sp³-hybridized carbons (Fsp3) is 0.400. The van der Waals surface area contributed by atoms with Crippen molar-refractivity contribution in [1.82, 2.24) is 22.9 Å². The summed E-state index contributed by atoms with van der Waals surface area (Å²) < 4.78 is 8.01. The quantitative estimate of drug-likeness (QED) is 0.315. The van der Waals surface area contributed by atoms with E-state index in [0.29, 0.717) is 46.1 Å². The molecule has 1 aromatic heterocycles. The molecule has 2 saturated heterocycles. The first-order chi connectivity index (χ1) is 20.3. The summed E-state index contributed by atoms with van der Waals surface area (Å²) in [5.74, 6) is 1.37. The van der Waals surface area contributed by atoms with Crippen LogP contribution >= 0.6 is 22.9 Å². The number of fused-ring (bicyclic) bond motifs is 2. The molecule has 0 radical (unpaired) electrons. The summed E-state index contributed by atoms with van der Waals surface area (Å²) in [7, 11) is 5.19. The number of halogens is 1. The van der Waals surface area contributed by atoms with E-state index in [1.807, 2.05) is 53.2 Å². The maximum Gasteiger partial charge on any atom is 0.260 e. The smallest absolute Gasteiger partial charge is 0.260 e. The lowest BCUT2D eigenvalue weighted by Crippen LogP contribution is -2.52. The predicted octanol–water partition coefficient (Wildman–Crippen LogP) is 4.16. The highest BCUT2D eigenvalue weighted by molar-refractivity contribution is 14.1. The molecule has 2 fully saturated rings. The fourth-order valence-corrected chi connectivity index (χ4v) is 6.42. The van der Waals surface area contributed by atoms with Gasteiger partial charge in [-0.2, -0.15) is 4.98 Å². The number of methoxy groups -OCH3 is 1. The highest BCUT2D eigenvalue weighted by atomic mass is 127. The number of nitrogens with one attached hydrogen (secondary N) is 1. The van der Waals surface area contributed by atoms with Crippen molar-refractivity contribution in [3.05, 3.63) is 59.8 Å². The third-order valence-electron chi connectivity index (χ3n) is 8.45. The van der Waals surface area contributed by atoms with Crippen LogP contribution in [0.25, 0.3) is 0 Å². The lowest BCUT2D eigenvalue weighted by atomic mass is 10.0. The van der Waals surface area contributed by atoms with Crippen LogP contribution in [0.4, 0.5) is 28.8 Å². The van der Waals surface area contributed by atoms with Gasteiger partial charge in [-0.1, -0.05) is 12.1 Å². The van der Waals surface area contributed by atoms with Gasteiger partial charge in [-0.15, -0.1) is 0 Å². The molecule has 3 aromatic rings. The van der Waals surface area contributed by atoms with Gasteiger partial charge < -0.3 is 24.8 Å². The number of carbonyl (C=O) groups excluding carboxylic acids is 2. The summed E-state index contributed by atoms with van der Waals surface area (Å²) in [6, 6.07) is 13.4. The standard InChI is InChI=1S/C30H35IN8O3/c1-35-24-7-5-4-6-22(24)29(41)36(2)25-19-32-30(34-27(25)35)33-23-9-8-20(18-26(23)42-3)28(40)38-12-10-21(11-13-38)37-14-16-39(31)17-15-37/h4-9,18-19,21H,10-17H2,1-3H3,(H,32,33,34). The first-order valence-corrected chi connectivity index (χ1v) is 15.2. The van der Waals surface area contributed by atoms with E-state index in [1.165, 1.54) is 0 Å². The van der Waals surface area contributed by atoms with Gasteiger partial charge in [-0.25, -0.2) is 8.10 Å². The van der Waals surface area contributed by atoms with Crippen LogP contribution in [-0.2, 0) is 0 Å². The van der Waals surface area contributed by atoms with E-state index in [9.17, 15) is 9.59 Å². The Bertz CT molecular complexity index is 1490. The van der Waals surface area contributed by atoms with Crippen LogP contribution in [0.3, 0.4) is 0 Å². The number of anilines is 5. The van der Waals surface area contributed by atoms with Crippen molar-refractivity contribution in [2.24, 2.45) is 0 Å². The molecule has 3 aliphatic rings. The van der Waals surface area contributed by atoms with Crippen LogP contribution in [0, 0.1) is 0 Å². The number of para-hydroxylation sites is 1. The minimum absolute atomic E-state index is 0.0182. The van der Waals surface area contributed by atoms with Gasteiger partial charge in [0.25, 0.3) is 11.8 Å². The Kier molecular flexibility index (Phi) is 8.19. The zero-order chi connectivity index (χ0) is 29.4. The third-order valence-corrected chi connectivity index (χ3v) is 9.42. The van der Waals surface area contributed by atoms with Gasteiger partial charge in [0.1, 0.15) is 11.4 Å². The van der Waals surface area contributed by atoms with E-state index >= 15 is 0 Å². The number of rotatable bonds is 5. The molecule has 220 valence electrons. The molecular weight excluding hydrogens is 647 g/mol. The second-order valence-corrected chi connectivity index (χ2v) is 12.2. The van der Waals surface area contributed by atoms with Crippen LogP contribution in [-0.4, -0.2) is 101 Å². The van der Waals surface area contributed by atoms with E-state index in [-0.39, 0.29) is 11.8 Å². The molecule has 2 amide bonds. The van der Waals surface area contributed by atoms with E-state index in [1.54, 1.807) is 31.3 Å². The number of likely N-dealkylation sites (tertiary alicyclic amines) is 1. The van der Waals surface area contributed by atoms with E-state index in [2.05, 4.69) is 41.2 Å². The number of piperazine rings is 1. The lowest BCUT2D eigenvalue weighted by Gasteiger charge is -2.41. The molecule has 12 heteroatoms. The number of piperidine rings is 1. The van der Waals surface area contributed by atoms with Crippen molar-refractivity contribution in [2.75, 3.05) is 75.6 Å². The summed E-state index contributed by atoms with van der Waals surface area (Å²) in [6.07, 6.45) is 3.64. The summed E-state index contributed by atoms with van der Waals surface area (Å²) >= 11 is 2.40. The van der Waals surface area contributed by atoms with Gasteiger partial charge in [0, 0.05) is 87.8 Å². The number of aromatic nitrogens is 2. The Balaban J connectivity index is 1.17. The Morgan fingerprint density at radius 3 is 2.45 bits per heavy atom. The molecule has 0 saturated carbocycles. The molecule has 0 unspecified atom stereocenters. The SMILES string of the molecule is COc1cc(C(=O)N2CCC(N3CCN(I)CC3)CC2)ccc1Nc1ncc2c(n1)N(C)c1ccccc1C(=O)N2C. The second kappa shape index (κ2) is 12.0. The molecule has 3 aliphatic heterocycles. The number of hydrogen-bond acceptors (Lipinski definition) is 9. The van der Waals surface area contributed by atoms with Crippen molar-refractivity contribution < 1.29 is 14.3 Å².